The SMILES string of the molecule is O=S(=O)(O)C(c1ccccc1Cl)(c1cc(Cl)ccc1Cl)c1ccc(O)c(O)c1Cl. The van der Waals surface area contributed by atoms with Gasteiger partial charge in [0.05, 0.1) is 5.02 Å². The largest absolute Gasteiger partial charge is 0.504 e. The summed E-state index contributed by atoms with van der Waals surface area (Å²) in [6, 6.07) is 12.1. The first-order valence-corrected chi connectivity index (χ1v) is 10.9. The van der Waals surface area contributed by atoms with Gasteiger partial charge in [-0.25, -0.2) is 0 Å². The van der Waals surface area contributed by atoms with Gasteiger partial charge >= 0.3 is 0 Å². The Morgan fingerprint density at radius 2 is 1.38 bits per heavy atom. The van der Waals surface area contributed by atoms with Gasteiger partial charge < -0.3 is 10.2 Å². The van der Waals surface area contributed by atoms with Gasteiger partial charge in [-0.1, -0.05) is 70.7 Å². The fourth-order valence-corrected chi connectivity index (χ4v) is 5.72. The molecule has 0 aliphatic heterocycles. The van der Waals surface area contributed by atoms with Gasteiger partial charge in [0, 0.05) is 31.8 Å². The molecule has 0 fully saturated rings. The summed E-state index contributed by atoms with van der Waals surface area (Å²) >= 11 is 25.0. The topological polar surface area (TPSA) is 94.8 Å². The zero-order valence-corrected chi connectivity index (χ0v) is 18.1. The number of hydrogen-bond donors (Lipinski definition) is 3. The third-order valence-corrected chi connectivity index (χ3v) is 7.13. The number of rotatable bonds is 4. The average molecular weight is 494 g/mol. The monoisotopic (exact) mass is 492 g/mol. The van der Waals surface area contributed by atoms with Crippen molar-refractivity contribution in [3.8, 4) is 11.5 Å². The Bertz CT molecular complexity index is 1210. The van der Waals surface area contributed by atoms with Crippen LogP contribution in [0.3, 0.4) is 0 Å². The zero-order chi connectivity index (χ0) is 21.6. The number of aromatic hydroxyl groups is 2. The molecule has 0 radical (unpaired) electrons. The predicted molar refractivity (Wildman–Crippen MR) is 114 cm³/mol. The molecule has 0 heterocycles. The third kappa shape index (κ3) is 3.54. The van der Waals surface area contributed by atoms with Gasteiger partial charge in [0.25, 0.3) is 10.1 Å². The van der Waals surface area contributed by atoms with Crippen molar-refractivity contribution in [3.05, 3.63) is 91.4 Å². The molecule has 5 nitrogen and oxygen atoms in total. The lowest BCUT2D eigenvalue weighted by molar-refractivity contribution is 0.402. The second-order valence-corrected chi connectivity index (χ2v) is 9.25. The van der Waals surface area contributed by atoms with E-state index >= 15 is 0 Å². The molecule has 3 aromatic rings. The van der Waals surface area contributed by atoms with Crippen LogP contribution in [0, 0.1) is 0 Å². The summed E-state index contributed by atoms with van der Waals surface area (Å²) in [7, 11) is -5.10. The summed E-state index contributed by atoms with van der Waals surface area (Å²) in [4.78, 5) is 0. The molecule has 1 unspecified atom stereocenters. The highest BCUT2D eigenvalue weighted by Crippen LogP contribution is 2.53. The van der Waals surface area contributed by atoms with Crippen LogP contribution in [0.4, 0.5) is 0 Å². The summed E-state index contributed by atoms with van der Waals surface area (Å²) in [5.74, 6) is -1.36. The molecule has 0 amide bonds. The maximum Gasteiger partial charge on any atom is 0.283 e. The predicted octanol–water partition coefficient (Wildman–Crippen LogP) is 5.89. The summed E-state index contributed by atoms with van der Waals surface area (Å²) in [5, 5.41) is 19.5. The minimum Gasteiger partial charge on any atom is -0.504 e. The Kier molecular flexibility index (Phi) is 5.98. The van der Waals surface area contributed by atoms with Crippen LogP contribution in [0.1, 0.15) is 16.7 Å². The maximum atomic E-state index is 13.0. The normalized spacial score (nSPS) is 13.8. The van der Waals surface area contributed by atoms with Crippen molar-refractivity contribution in [1.82, 2.24) is 0 Å². The first kappa shape index (κ1) is 22.0. The molecule has 0 aliphatic carbocycles. The molecular weight excluding hydrogens is 482 g/mol. The first-order valence-electron chi connectivity index (χ1n) is 7.90. The van der Waals surface area contributed by atoms with Gasteiger partial charge in [-0.2, -0.15) is 8.42 Å². The van der Waals surface area contributed by atoms with E-state index in [4.69, 9.17) is 46.4 Å². The van der Waals surface area contributed by atoms with Gasteiger partial charge in [0.15, 0.2) is 16.2 Å². The highest BCUT2D eigenvalue weighted by atomic mass is 35.5. The lowest BCUT2D eigenvalue weighted by atomic mass is 9.83. The molecule has 0 saturated heterocycles. The average Bonchev–Trinajstić information content (AvgIpc) is 2.65. The summed E-state index contributed by atoms with van der Waals surface area (Å²) in [5.41, 5.74) is -0.510. The minimum absolute atomic E-state index is 0.0233. The van der Waals surface area contributed by atoms with Crippen LogP contribution in [0.5, 0.6) is 11.5 Å². The van der Waals surface area contributed by atoms with Crippen molar-refractivity contribution in [2.75, 3.05) is 0 Å². The molecule has 3 N–H and O–H groups in total. The van der Waals surface area contributed by atoms with Crippen molar-refractivity contribution in [1.29, 1.82) is 0 Å². The van der Waals surface area contributed by atoms with Crippen molar-refractivity contribution in [3.63, 3.8) is 0 Å². The summed E-state index contributed by atoms with van der Waals surface area (Å²) in [6.45, 7) is 0. The maximum absolute atomic E-state index is 13.0. The highest BCUT2D eigenvalue weighted by molar-refractivity contribution is 7.87. The standard InChI is InChI=1S/C19H12Cl4O5S/c20-10-5-7-15(22)13(9-10)19(29(26,27)28,11-3-1-2-4-14(11)21)12-6-8-16(24)18(25)17(12)23/h1-9,24-25H,(H,26,27,28). The second kappa shape index (κ2) is 7.87. The Morgan fingerprint density at radius 1 is 0.759 bits per heavy atom. The van der Waals surface area contributed by atoms with Crippen LogP contribution in [0.2, 0.25) is 20.1 Å². The summed E-state index contributed by atoms with van der Waals surface area (Å²) < 4.78 is 34.1. The van der Waals surface area contributed by atoms with Crippen LogP contribution < -0.4 is 0 Å². The van der Waals surface area contributed by atoms with Crippen LogP contribution in [-0.4, -0.2) is 23.2 Å². The molecule has 152 valence electrons. The Morgan fingerprint density at radius 3 is 2.00 bits per heavy atom. The van der Waals surface area contributed by atoms with Gasteiger partial charge in [0.1, 0.15) is 0 Å². The van der Waals surface area contributed by atoms with Crippen molar-refractivity contribution >= 4 is 56.5 Å². The van der Waals surface area contributed by atoms with Gasteiger partial charge in [-0.05, 0) is 30.3 Å². The van der Waals surface area contributed by atoms with Crippen LogP contribution in [0.15, 0.2) is 54.6 Å². The van der Waals surface area contributed by atoms with Crippen molar-refractivity contribution in [2.45, 2.75) is 4.75 Å². The Labute approximate surface area is 186 Å². The lowest BCUT2D eigenvalue weighted by Crippen LogP contribution is -2.39. The van der Waals surface area contributed by atoms with Gasteiger partial charge in [-0.3, -0.25) is 4.55 Å². The van der Waals surface area contributed by atoms with E-state index in [1.165, 1.54) is 36.4 Å². The van der Waals surface area contributed by atoms with E-state index < -0.39 is 31.4 Å². The van der Waals surface area contributed by atoms with E-state index in [0.29, 0.717) is 0 Å². The van der Waals surface area contributed by atoms with Crippen LogP contribution >= 0.6 is 46.4 Å². The Balaban J connectivity index is 2.66. The highest BCUT2D eigenvalue weighted by Gasteiger charge is 2.52. The molecule has 0 saturated carbocycles. The molecule has 0 aromatic heterocycles. The fraction of sp³-hybridized carbons (Fsp3) is 0.0526. The number of phenolic OH excluding ortho intramolecular Hbond substituents is 2. The van der Waals surface area contributed by atoms with Gasteiger partial charge in [-0.15, -0.1) is 0 Å². The molecular formula is C19H12Cl4O5S. The smallest absolute Gasteiger partial charge is 0.283 e. The number of halogens is 4. The molecule has 10 heteroatoms. The second-order valence-electron chi connectivity index (χ2n) is 6.06. The fourth-order valence-electron chi connectivity index (χ4n) is 3.19. The van der Waals surface area contributed by atoms with E-state index in [0.717, 1.165) is 12.1 Å². The number of benzene rings is 3. The van der Waals surface area contributed by atoms with Crippen LogP contribution in [-0.2, 0) is 14.9 Å². The molecule has 0 aliphatic rings. The zero-order valence-electron chi connectivity index (χ0n) is 14.3. The number of hydrogen-bond acceptors (Lipinski definition) is 4. The van der Waals surface area contributed by atoms with Gasteiger partial charge in [0.2, 0.25) is 0 Å². The van der Waals surface area contributed by atoms with E-state index in [-0.39, 0.29) is 31.8 Å². The molecule has 3 aromatic carbocycles. The molecule has 3 rings (SSSR count). The molecule has 0 spiro atoms. The lowest BCUT2D eigenvalue weighted by Gasteiger charge is -2.34. The molecule has 0 bridgehead atoms. The first-order chi connectivity index (χ1) is 13.5. The quantitative estimate of drug-likeness (QED) is 0.239. The van der Waals surface area contributed by atoms with Crippen LogP contribution in [0.25, 0.3) is 0 Å². The van der Waals surface area contributed by atoms with Crippen molar-refractivity contribution in [2.24, 2.45) is 0 Å². The van der Waals surface area contributed by atoms with E-state index in [1.54, 1.807) is 6.07 Å². The van der Waals surface area contributed by atoms with E-state index in [2.05, 4.69) is 0 Å². The third-order valence-electron chi connectivity index (χ3n) is 4.42. The summed E-state index contributed by atoms with van der Waals surface area (Å²) in [6.07, 6.45) is 0. The molecule has 1 atom stereocenters. The van der Waals surface area contributed by atoms with Crippen molar-refractivity contribution < 1.29 is 23.2 Å². The minimum atomic E-state index is -5.10. The van der Waals surface area contributed by atoms with E-state index in [1.807, 2.05) is 0 Å². The van der Waals surface area contributed by atoms with E-state index in [9.17, 15) is 23.2 Å². The number of phenols is 2. The molecule has 29 heavy (non-hydrogen) atoms. The Hall–Kier alpha value is -1.67.